The summed E-state index contributed by atoms with van der Waals surface area (Å²) in [7, 11) is 0. The van der Waals surface area contributed by atoms with E-state index in [0.29, 0.717) is 37.6 Å². The molecule has 4 N–H and O–H groups in total. The van der Waals surface area contributed by atoms with Crippen LogP contribution >= 0.6 is 0 Å². The molecule has 192 valence electrons. The number of aliphatic carboxylic acids is 1. The van der Waals surface area contributed by atoms with E-state index < -0.39 is 18.1 Å². The fourth-order valence-electron chi connectivity index (χ4n) is 3.46. The fraction of sp³-hybridized carbons (Fsp3) is 0.385. The molecule has 10 nitrogen and oxygen atoms in total. The van der Waals surface area contributed by atoms with Gasteiger partial charge in [0.05, 0.1) is 6.61 Å². The van der Waals surface area contributed by atoms with Crippen LogP contribution in [-0.4, -0.2) is 54.8 Å². The number of benzene rings is 2. The van der Waals surface area contributed by atoms with Gasteiger partial charge in [-0.05, 0) is 48.9 Å². The number of carboxylic acid groups (broad SMARTS) is 1. The zero-order chi connectivity index (χ0) is 25.6. The van der Waals surface area contributed by atoms with Gasteiger partial charge in [-0.25, -0.2) is 9.59 Å². The number of rotatable bonds is 12. The Kier molecular flexibility index (Phi) is 10.6. The number of carbonyl (C=O) groups excluding carboxylic acids is 2. The second-order valence-electron chi connectivity index (χ2n) is 8.29. The Bertz CT molecular complexity index is 1030. The van der Waals surface area contributed by atoms with Crippen molar-refractivity contribution >= 4 is 23.9 Å². The molecule has 36 heavy (non-hydrogen) atoms. The number of guanidine groups is 1. The number of nitrogens with one attached hydrogen (secondary N) is 3. The van der Waals surface area contributed by atoms with Crippen molar-refractivity contribution < 1.29 is 29.0 Å². The lowest BCUT2D eigenvalue weighted by molar-refractivity contribution is -0.139. The van der Waals surface area contributed by atoms with Crippen LogP contribution in [0.2, 0.25) is 0 Å². The third-order valence-corrected chi connectivity index (χ3v) is 5.43. The molecule has 10 heteroatoms. The standard InChI is InChI=1S/C26H32N4O6/c31-23(30-25-27-15-5-16-28-25)14-11-19-9-12-21(13-10-19)35-17-4-8-22(24(32)33)29-26(34)36-18-20-6-2-1-3-7-20/h1-3,6-7,9-10,12-13,22H,4-5,8,11,14-18H2,(H,29,34)(H,32,33)(H2,27,28,30,31). The number of nitrogens with zero attached hydrogens (tertiary/aromatic N) is 1. The minimum absolute atomic E-state index is 0.0648. The third-order valence-electron chi connectivity index (χ3n) is 5.43. The minimum Gasteiger partial charge on any atom is -0.494 e. The predicted octanol–water partition coefficient (Wildman–Crippen LogP) is 2.62. The van der Waals surface area contributed by atoms with Crippen molar-refractivity contribution in [3.8, 4) is 5.75 Å². The zero-order valence-electron chi connectivity index (χ0n) is 20.1. The van der Waals surface area contributed by atoms with Crippen molar-refractivity contribution in [2.24, 2.45) is 4.99 Å². The SMILES string of the molecule is O=C(CCc1ccc(OCCCC(NC(=O)OCc2ccccc2)C(=O)O)cc1)NC1=NCCCN1. The van der Waals surface area contributed by atoms with E-state index in [1.54, 1.807) is 0 Å². The fourth-order valence-corrected chi connectivity index (χ4v) is 3.46. The molecule has 2 amide bonds. The van der Waals surface area contributed by atoms with E-state index in [9.17, 15) is 19.5 Å². The maximum Gasteiger partial charge on any atom is 0.408 e. The zero-order valence-corrected chi connectivity index (χ0v) is 20.1. The predicted molar refractivity (Wildman–Crippen MR) is 134 cm³/mol. The number of hydrogen-bond donors (Lipinski definition) is 4. The monoisotopic (exact) mass is 496 g/mol. The second-order valence-corrected chi connectivity index (χ2v) is 8.29. The lowest BCUT2D eigenvalue weighted by Crippen LogP contribution is -2.43. The molecular formula is C26H32N4O6. The lowest BCUT2D eigenvalue weighted by Gasteiger charge is -2.15. The van der Waals surface area contributed by atoms with Crippen LogP contribution in [0.15, 0.2) is 59.6 Å². The highest BCUT2D eigenvalue weighted by Gasteiger charge is 2.20. The molecule has 0 saturated heterocycles. The van der Waals surface area contributed by atoms with E-state index in [-0.39, 0.29) is 18.9 Å². The number of aliphatic imine (C=N–C) groups is 1. The summed E-state index contributed by atoms with van der Waals surface area (Å²) >= 11 is 0. The highest BCUT2D eigenvalue weighted by Crippen LogP contribution is 2.14. The summed E-state index contributed by atoms with van der Waals surface area (Å²) in [6, 6.07) is 15.5. The molecule has 1 aliphatic rings. The van der Waals surface area contributed by atoms with E-state index in [1.807, 2.05) is 54.6 Å². The van der Waals surface area contributed by atoms with Crippen molar-refractivity contribution in [2.45, 2.75) is 44.8 Å². The first-order valence-electron chi connectivity index (χ1n) is 12.0. The van der Waals surface area contributed by atoms with Crippen LogP contribution in [0.3, 0.4) is 0 Å². The Balaban J connectivity index is 1.32. The Morgan fingerprint density at radius 3 is 2.53 bits per heavy atom. The largest absolute Gasteiger partial charge is 0.494 e. The van der Waals surface area contributed by atoms with Gasteiger partial charge in [0.25, 0.3) is 0 Å². The molecule has 3 rings (SSSR count). The van der Waals surface area contributed by atoms with Gasteiger partial charge in [0.1, 0.15) is 18.4 Å². The molecule has 1 atom stereocenters. The van der Waals surface area contributed by atoms with Gasteiger partial charge in [0, 0.05) is 19.5 Å². The molecule has 2 aromatic rings. The number of aryl methyl sites for hydroxylation is 1. The van der Waals surface area contributed by atoms with Crippen LogP contribution in [0, 0.1) is 0 Å². The van der Waals surface area contributed by atoms with Crippen molar-refractivity contribution in [1.82, 2.24) is 16.0 Å². The van der Waals surface area contributed by atoms with Gasteiger partial charge >= 0.3 is 12.1 Å². The van der Waals surface area contributed by atoms with Crippen LogP contribution in [0.1, 0.15) is 36.8 Å². The molecule has 1 unspecified atom stereocenters. The Labute approximate surface area is 210 Å². The van der Waals surface area contributed by atoms with E-state index in [2.05, 4.69) is 20.9 Å². The molecule has 1 heterocycles. The number of carboxylic acids is 1. The second kappa shape index (κ2) is 14.3. The molecule has 0 aliphatic carbocycles. The smallest absolute Gasteiger partial charge is 0.408 e. The molecule has 0 aromatic heterocycles. The average molecular weight is 497 g/mol. The normalized spacial score (nSPS) is 13.5. The summed E-state index contributed by atoms with van der Waals surface area (Å²) in [5.74, 6) is -0.0362. The van der Waals surface area contributed by atoms with Crippen LogP contribution in [0.5, 0.6) is 5.75 Å². The maximum atomic E-state index is 12.1. The summed E-state index contributed by atoms with van der Waals surface area (Å²) in [6.45, 7) is 1.89. The number of ether oxygens (including phenoxy) is 2. The maximum absolute atomic E-state index is 12.1. The van der Waals surface area contributed by atoms with Gasteiger partial charge in [-0.3, -0.25) is 15.1 Å². The number of amides is 2. The van der Waals surface area contributed by atoms with Crippen LogP contribution in [-0.2, 0) is 27.4 Å². The minimum atomic E-state index is -1.13. The summed E-state index contributed by atoms with van der Waals surface area (Å²) in [5.41, 5.74) is 1.81. The van der Waals surface area contributed by atoms with Crippen molar-refractivity contribution in [3.05, 3.63) is 65.7 Å². The van der Waals surface area contributed by atoms with Crippen LogP contribution < -0.4 is 20.7 Å². The highest BCUT2D eigenvalue weighted by atomic mass is 16.5. The van der Waals surface area contributed by atoms with E-state index >= 15 is 0 Å². The van der Waals surface area contributed by atoms with E-state index in [0.717, 1.165) is 30.6 Å². The van der Waals surface area contributed by atoms with Crippen molar-refractivity contribution in [1.29, 1.82) is 0 Å². The lowest BCUT2D eigenvalue weighted by atomic mass is 10.1. The summed E-state index contributed by atoms with van der Waals surface area (Å²) in [4.78, 5) is 39.7. The molecule has 1 aliphatic heterocycles. The Morgan fingerprint density at radius 2 is 1.83 bits per heavy atom. The first-order valence-corrected chi connectivity index (χ1v) is 12.0. The molecule has 0 bridgehead atoms. The number of alkyl carbamates (subject to hydrolysis) is 1. The Morgan fingerprint density at radius 1 is 1.06 bits per heavy atom. The van der Waals surface area contributed by atoms with Crippen LogP contribution in [0.25, 0.3) is 0 Å². The van der Waals surface area contributed by atoms with Gasteiger partial charge in [-0.1, -0.05) is 42.5 Å². The van der Waals surface area contributed by atoms with Gasteiger partial charge in [0.2, 0.25) is 5.91 Å². The van der Waals surface area contributed by atoms with Gasteiger partial charge < -0.3 is 25.2 Å². The summed E-state index contributed by atoms with van der Waals surface area (Å²) in [5, 5.41) is 17.6. The van der Waals surface area contributed by atoms with Gasteiger partial charge in [-0.2, -0.15) is 0 Å². The molecular weight excluding hydrogens is 464 g/mol. The molecule has 0 saturated carbocycles. The number of carbonyl (C=O) groups is 3. The van der Waals surface area contributed by atoms with Crippen molar-refractivity contribution in [2.75, 3.05) is 19.7 Å². The summed E-state index contributed by atoms with van der Waals surface area (Å²) in [6.07, 6.45) is 1.75. The van der Waals surface area contributed by atoms with Gasteiger partial charge in [0.15, 0.2) is 5.96 Å². The first-order chi connectivity index (χ1) is 17.5. The quantitative estimate of drug-likeness (QED) is 0.331. The van der Waals surface area contributed by atoms with Crippen LogP contribution in [0.4, 0.5) is 4.79 Å². The Hall–Kier alpha value is -4.08. The van der Waals surface area contributed by atoms with E-state index in [4.69, 9.17) is 9.47 Å². The molecule has 0 radical (unpaired) electrons. The summed E-state index contributed by atoms with van der Waals surface area (Å²) < 4.78 is 10.8. The van der Waals surface area contributed by atoms with Crippen molar-refractivity contribution in [3.63, 3.8) is 0 Å². The third kappa shape index (κ3) is 9.65. The average Bonchev–Trinajstić information content (AvgIpc) is 2.89. The number of hydrogen-bond acceptors (Lipinski definition) is 7. The van der Waals surface area contributed by atoms with Gasteiger partial charge in [-0.15, -0.1) is 0 Å². The first kappa shape index (κ1) is 26.5. The highest BCUT2D eigenvalue weighted by molar-refractivity contribution is 5.97. The molecule has 0 spiro atoms. The molecule has 0 fully saturated rings. The van der Waals surface area contributed by atoms with E-state index in [1.165, 1.54) is 0 Å². The molecule has 2 aromatic carbocycles. The topological polar surface area (TPSA) is 138 Å².